The fourth-order valence-electron chi connectivity index (χ4n) is 4.29. The average Bonchev–Trinajstić information content (AvgIpc) is 3.34. The number of aromatic nitrogens is 4. The van der Waals surface area contributed by atoms with Gasteiger partial charge < -0.3 is 9.88 Å². The first-order valence-electron chi connectivity index (χ1n) is 11.2. The summed E-state index contributed by atoms with van der Waals surface area (Å²) in [7, 11) is 2.10. The molecule has 1 aliphatic heterocycles. The highest BCUT2D eigenvalue weighted by Crippen LogP contribution is 2.30. The number of hydrazone groups is 1. The fraction of sp³-hybridized carbons (Fsp3) is 0.320. The molecular weight excluding hydrogens is 414 g/mol. The van der Waals surface area contributed by atoms with Crippen molar-refractivity contribution in [3.05, 3.63) is 76.6 Å². The summed E-state index contributed by atoms with van der Waals surface area (Å²) in [6.07, 6.45) is 10.7. The number of hydrogen-bond donors (Lipinski definition) is 2. The fourth-order valence-corrected chi connectivity index (χ4v) is 4.29. The number of rotatable bonds is 8. The Balaban J connectivity index is 1.58. The molecule has 4 rings (SSSR count). The molecule has 0 aromatic carbocycles. The van der Waals surface area contributed by atoms with Gasteiger partial charge >= 0.3 is 0 Å². The molecule has 0 aliphatic carbocycles. The molecule has 0 spiro atoms. The number of nitrogens with one attached hydrogen (secondary N) is 2. The number of H-pyrrole nitrogens is 1. The van der Waals surface area contributed by atoms with Crippen molar-refractivity contribution in [2.75, 3.05) is 18.5 Å². The zero-order valence-corrected chi connectivity index (χ0v) is 19.5. The number of aryl methyl sites for hydroxylation is 1. The molecule has 0 saturated heterocycles. The number of carbonyl (C=O) groups is 1. The van der Waals surface area contributed by atoms with Gasteiger partial charge in [0.1, 0.15) is 5.71 Å². The third-order valence-electron chi connectivity index (χ3n) is 5.91. The molecule has 2 N–H and O–H groups in total. The van der Waals surface area contributed by atoms with Crippen LogP contribution in [0.5, 0.6) is 0 Å². The summed E-state index contributed by atoms with van der Waals surface area (Å²) in [4.78, 5) is 22.4. The highest BCUT2D eigenvalue weighted by Gasteiger charge is 2.26. The third-order valence-corrected chi connectivity index (χ3v) is 5.91. The van der Waals surface area contributed by atoms with Gasteiger partial charge in [0.15, 0.2) is 0 Å². The van der Waals surface area contributed by atoms with Crippen LogP contribution in [0.4, 0.5) is 5.69 Å². The summed E-state index contributed by atoms with van der Waals surface area (Å²) >= 11 is 0. The Labute approximate surface area is 193 Å². The van der Waals surface area contributed by atoms with Crippen molar-refractivity contribution in [2.24, 2.45) is 5.10 Å². The van der Waals surface area contributed by atoms with Gasteiger partial charge in [-0.25, -0.2) is 5.43 Å². The lowest BCUT2D eigenvalue weighted by molar-refractivity contribution is -0.116. The first kappa shape index (κ1) is 22.4. The molecule has 3 aromatic heterocycles. The maximum Gasteiger partial charge on any atom is 0.273 e. The third kappa shape index (κ3) is 4.84. The van der Waals surface area contributed by atoms with Crippen molar-refractivity contribution in [1.82, 2.24) is 25.6 Å². The van der Waals surface area contributed by atoms with Crippen molar-refractivity contribution in [2.45, 2.75) is 39.5 Å². The first-order valence-corrected chi connectivity index (χ1v) is 11.2. The van der Waals surface area contributed by atoms with E-state index in [1.807, 2.05) is 30.6 Å². The lowest BCUT2D eigenvalue weighted by Crippen LogP contribution is -2.19. The highest BCUT2D eigenvalue weighted by atomic mass is 16.2. The first-order chi connectivity index (χ1) is 16.0. The van der Waals surface area contributed by atoms with Crippen LogP contribution < -0.4 is 10.3 Å². The van der Waals surface area contributed by atoms with Crippen LogP contribution in [0.1, 0.15) is 54.3 Å². The molecule has 8 nitrogen and oxygen atoms in total. The summed E-state index contributed by atoms with van der Waals surface area (Å²) in [5.41, 5.74) is 10.3. The van der Waals surface area contributed by atoms with Crippen LogP contribution in [-0.4, -0.2) is 45.4 Å². The monoisotopic (exact) mass is 443 g/mol. The summed E-state index contributed by atoms with van der Waals surface area (Å²) in [6.45, 7) is 7.42. The minimum atomic E-state index is -0.218. The number of hydrogen-bond acceptors (Lipinski definition) is 6. The van der Waals surface area contributed by atoms with E-state index in [1.165, 1.54) is 11.1 Å². The number of anilines is 1. The van der Waals surface area contributed by atoms with E-state index < -0.39 is 0 Å². The van der Waals surface area contributed by atoms with Crippen LogP contribution in [0.25, 0.3) is 6.08 Å². The molecule has 0 unspecified atom stereocenters. The Hall–Kier alpha value is -3.81. The summed E-state index contributed by atoms with van der Waals surface area (Å²) in [5, 5.41) is 12.0. The van der Waals surface area contributed by atoms with E-state index in [0.717, 1.165) is 42.0 Å². The predicted molar refractivity (Wildman–Crippen MR) is 130 cm³/mol. The van der Waals surface area contributed by atoms with E-state index >= 15 is 0 Å². The van der Waals surface area contributed by atoms with E-state index in [9.17, 15) is 4.79 Å². The van der Waals surface area contributed by atoms with Crippen LogP contribution in [0.2, 0.25) is 0 Å². The number of amides is 1. The topological polar surface area (TPSA) is 99.2 Å². The van der Waals surface area contributed by atoms with Gasteiger partial charge in [-0.05, 0) is 61.1 Å². The lowest BCUT2D eigenvalue weighted by atomic mass is 9.93. The van der Waals surface area contributed by atoms with Crippen LogP contribution in [-0.2, 0) is 11.2 Å². The van der Waals surface area contributed by atoms with Crippen molar-refractivity contribution in [1.29, 1.82) is 0 Å². The van der Waals surface area contributed by atoms with Crippen LogP contribution in [0.3, 0.4) is 0 Å². The van der Waals surface area contributed by atoms with Gasteiger partial charge in [-0.3, -0.25) is 9.78 Å². The van der Waals surface area contributed by atoms with Crippen LogP contribution in [0, 0.1) is 6.92 Å². The van der Waals surface area contributed by atoms with Gasteiger partial charge in [-0.15, -0.1) is 0 Å². The number of aromatic amines is 1. The molecule has 33 heavy (non-hydrogen) atoms. The second-order valence-corrected chi connectivity index (χ2v) is 8.53. The Morgan fingerprint density at radius 2 is 1.91 bits per heavy atom. The normalized spacial score (nSPS) is 14.6. The Kier molecular flexibility index (Phi) is 6.63. The SMILES string of the molecule is Cc1[nH]c(/C=C2/C(=O)NN=C2c2ccnnc2)c(C(C)C)c1CCCN(C)c1ccncc1. The van der Waals surface area contributed by atoms with Gasteiger partial charge in [0, 0.05) is 48.6 Å². The molecule has 8 heteroatoms. The molecule has 3 aromatic rings. The largest absolute Gasteiger partial charge is 0.374 e. The zero-order chi connectivity index (χ0) is 23.4. The minimum absolute atomic E-state index is 0.218. The van der Waals surface area contributed by atoms with Gasteiger partial charge in [0.05, 0.1) is 18.0 Å². The molecular formula is C25H29N7O. The molecule has 0 bridgehead atoms. The minimum Gasteiger partial charge on any atom is -0.374 e. The van der Waals surface area contributed by atoms with Gasteiger partial charge in [-0.2, -0.15) is 15.3 Å². The van der Waals surface area contributed by atoms with Crippen molar-refractivity contribution >= 4 is 23.4 Å². The average molecular weight is 444 g/mol. The maximum atomic E-state index is 12.6. The van der Waals surface area contributed by atoms with Gasteiger partial charge in [0.2, 0.25) is 0 Å². The van der Waals surface area contributed by atoms with Gasteiger partial charge in [-0.1, -0.05) is 13.8 Å². The Morgan fingerprint density at radius 1 is 1.12 bits per heavy atom. The molecule has 0 fully saturated rings. The van der Waals surface area contributed by atoms with E-state index in [2.05, 4.69) is 63.4 Å². The molecule has 4 heterocycles. The Bertz CT molecular complexity index is 1180. The van der Waals surface area contributed by atoms with E-state index in [-0.39, 0.29) is 5.91 Å². The standard InChI is InChI=1S/C25H29N7O/c1-16(2)23-20(6-5-13-32(4)19-8-10-26-11-9-19)17(3)29-22(23)14-21-24(30-31-25(21)33)18-7-12-27-28-15-18/h7-12,14-16,29H,5-6,13H2,1-4H3,(H,31,33)/b21-14+. The van der Waals surface area contributed by atoms with Crippen molar-refractivity contribution in [3.8, 4) is 0 Å². The number of nitrogens with zero attached hydrogens (tertiary/aromatic N) is 5. The van der Waals surface area contributed by atoms with Gasteiger partial charge in [0.25, 0.3) is 5.91 Å². The summed E-state index contributed by atoms with van der Waals surface area (Å²) in [5.74, 6) is 0.0893. The molecule has 1 amide bonds. The molecule has 1 aliphatic rings. The number of carbonyl (C=O) groups excluding carboxylic acids is 1. The lowest BCUT2D eigenvalue weighted by Gasteiger charge is -2.19. The second-order valence-electron chi connectivity index (χ2n) is 8.53. The predicted octanol–water partition coefficient (Wildman–Crippen LogP) is 3.62. The Morgan fingerprint density at radius 3 is 2.61 bits per heavy atom. The molecule has 0 radical (unpaired) electrons. The van der Waals surface area contributed by atoms with E-state index in [1.54, 1.807) is 18.5 Å². The molecule has 170 valence electrons. The maximum absolute atomic E-state index is 12.6. The highest BCUT2D eigenvalue weighted by molar-refractivity contribution is 6.33. The quantitative estimate of drug-likeness (QED) is 0.518. The zero-order valence-electron chi connectivity index (χ0n) is 19.5. The summed E-state index contributed by atoms with van der Waals surface area (Å²) in [6, 6.07) is 5.85. The second kappa shape index (κ2) is 9.77. The van der Waals surface area contributed by atoms with Crippen molar-refractivity contribution < 1.29 is 4.79 Å². The number of pyridine rings is 1. The summed E-state index contributed by atoms with van der Waals surface area (Å²) < 4.78 is 0. The smallest absolute Gasteiger partial charge is 0.273 e. The molecule has 0 atom stereocenters. The van der Waals surface area contributed by atoms with E-state index in [4.69, 9.17) is 0 Å². The van der Waals surface area contributed by atoms with Crippen LogP contribution in [0.15, 0.2) is 53.7 Å². The van der Waals surface area contributed by atoms with E-state index in [0.29, 0.717) is 17.2 Å². The molecule has 0 saturated carbocycles. The van der Waals surface area contributed by atoms with Crippen molar-refractivity contribution in [3.63, 3.8) is 0 Å². The van der Waals surface area contributed by atoms with Crippen LogP contribution >= 0.6 is 0 Å².